The van der Waals surface area contributed by atoms with Gasteiger partial charge in [-0.05, 0) is 93.1 Å². The zero-order chi connectivity index (χ0) is 25.7. The summed E-state index contributed by atoms with van der Waals surface area (Å²) in [5.41, 5.74) is 6.76. The molecule has 1 aliphatic rings. The van der Waals surface area contributed by atoms with E-state index in [1.807, 2.05) is 6.92 Å². The van der Waals surface area contributed by atoms with Gasteiger partial charge in [-0.25, -0.2) is 4.79 Å². The van der Waals surface area contributed by atoms with Crippen LogP contribution in [0.3, 0.4) is 0 Å². The largest absolute Gasteiger partial charge is 0.465 e. The highest BCUT2D eigenvalue weighted by Crippen LogP contribution is 2.47. The Morgan fingerprint density at radius 1 is 0.857 bits per heavy atom. The topological polar surface area (TPSA) is 46.6 Å². The summed E-state index contributed by atoms with van der Waals surface area (Å²) >= 11 is 1.14. The molecule has 0 atom stereocenters. The van der Waals surface area contributed by atoms with Crippen molar-refractivity contribution in [1.82, 2.24) is 4.90 Å². The van der Waals surface area contributed by atoms with Crippen LogP contribution in [-0.4, -0.2) is 37.3 Å². The van der Waals surface area contributed by atoms with Crippen LogP contribution >= 0.6 is 11.8 Å². The van der Waals surface area contributed by atoms with Gasteiger partial charge in [0.25, 0.3) is 5.24 Å². The van der Waals surface area contributed by atoms with Gasteiger partial charge < -0.3 is 9.64 Å². The third kappa shape index (κ3) is 4.58. The van der Waals surface area contributed by atoms with Crippen LogP contribution in [0, 0.1) is 6.92 Å². The summed E-state index contributed by atoms with van der Waals surface area (Å²) in [6, 6.07) is 15.0. The zero-order valence-corrected chi connectivity index (χ0v) is 22.9. The van der Waals surface area contributed by atoms with E-state index >= 15 is 0 Å². The van der Waals surface area contributed by atoms with Gasteiger partial charge in [-0.15, -0.1) is 0 Å². The molecule has 0 bridgehead atoms. The van der Waals surface area contributed by atoms with Crippen LogP contribution in [0.15, 0.2) is 47.4 Å². The van der Waals surface area contributed by atoms with Crippen molar-refractivity contribution < 1.29 is 14.3 Å². The highest BCUT2D eigenvalue weighted by atomic mass is 32.2. The molecule has 0 fully saturated rings. The number of amides is 1. The standard InChI is InChI=1S/C30H35NO3S/c1-18-21-11-9-19(20-10-12-24-25(16-20)30(4,5)14-13-29(24,2)3)15-23(21)26(35-28(33)31(6)7)17-22(18)27(32)34-8/h9-12,15-17H,13-14H2,1-8H3. The number of esters is 1. The third-order valence-corrected chi connectivity index (χ3v) is 8.62. The molecular weight excluding hydrogens is 454 g/mol. The quantitative estimate of drug-likeness (QED) is 0.279. The van der Waals surface area contributed by atoms with Crippen molar-refractivity contribution in [2.75, 3.05) is 21.2 Å². The molecule has 4 rings (SSSR count). The number of aryl methyl sites for hydroxylation is 1. The lowest BCUT2D eigenvalue weighted by molar-refractivity contribution is 0.0600. The molecule has 1 aliphatic carbocycles. The average Bonchev–Trinajstić information content (AvgIpc) is 2.82. The van der Waals surface area contributed by atoms with Gasteiger partial charge in [0, 0.05) is 19.0 Å². The van der Waals surface area contributed by atoms with E-state index in [0.717, 1.165) is 45.0 Å². The minimum atomic E-state index is -0.396. The highest BCUT2D eigenvalue weighted by molar-refractivity contribution is 8.13. The fourth-order valence-corrected chi connectivity index (χ4v) is 5.90. The molecule has 0 aromatic heterocycles. The van der Waals surface area contributed by atoms with E-state index in [-0.39, 0.29) is 16.1 Å². The van der Waals surface area contributed by atoms with Crippen molar-refractivity contribution in [3.63, 3.8) is 0 Å². The molecule has 0 heterocycles. The first-order valence-corrected chi connectivity index (χ1v) is 12.9. The van der Waals surface area contributed by atoms with Crippen LogP contribution in [0.25, 0.3) is 21.9 Å². The Labute approximate surface area is 213 Å². The molecule has 0 saturated carbocycles. The number of fused-ring (bicyclic) bond motifs is 2. The number of carbonyl (C=O) groups is 2. The lowest BCUT2D eigenvalue weighted by atomic mass is 9.63. The average molecular weight is 490 g/mol. The van der Waals surface area contributed by atoms with Crippen LogP contribution in [0.5, 0.6) is 0 Å². The Kier molecular flexibility index (Phi) is 6.52. The Balaban J connectivity index is 1.91. The minimum absolute atomic E-state index is 0.0888. The Bertz CT molecular complexity index is 1340. The molecule has 0 unspecified atom stereocenters. The molecule has 5 heteroatoms. The number of ether oxygens (including phenoxy) is 1. The summed E-state index contributed by atoms with van der Waals surface area (Å²) in [4.78, 5) is 27.4. The molecule has 0 spiro atoms. The van der Waals surface area contributed by atoms with Crippen molar-refractivity contribution in [2.45, 2.75) is 63.2 Å². The van der Waals surface area contributed by atoms with E-state index in [2.05, 4.69) is 64.1 Å². The van der Waals surface area contributed by atoms with E-state index in [4.69, 9.17) is 4.74 Å². The van der Waals surface area contributed by atoms with Gasteiger partial charge >= 0.3 is 5.97 Å². The number of thioether (sulfide) groups is 1. The summed E-state index contributed by atoms with van der Waals surface area (Å²) < 4.78 is 5.01. The summed E-state index contributed by atoms with van der Waals surface area (Å²) in [7, 11) is 4.84. The maximum absolute atomic E-state index is 12.6. The second-order valence-electron chi connectivity index (χ2n) is 11.1. The van der Waals surface area contributed by atoms with E-state index < -0.39 is 5.97 Å². The van der Waals surface area contributed by atoms with Crippen LogP contribution < -0.4 is 0 Å². The Morgan fingerprint density at radius 2 is 1.46 bits per heavy atom. The van der Waals surface area contributed by atoms with Gasteiger partial charge in [0.05, 0.1) is 12.7 Å². The Morgan fingerprint density at radius 3 is 2.09 bits per heavy atom. The van der Waals surface area contributed by atoms with Gasteiger partial charge in [-0.1, -0.05) is 58.0 Å². The van der Waals surface area contributed by atoms with Crippen LogP contribution in [0.1, 0.15) is 67.6 Å². The number of carbonyl (C=O) groups excluding carboxylic acids is 2. The molecule has 0 N–H and O–H groups in total. The van der Waals surface area contributed by atoms with Crippen LogP contribution in [0.2, 0.25) is 0 Å². The van der Waals surface area contributed by atoms with Crippen molar-refractivity contribution in [3.05, 3.63) is 64.7 Å². The maximum Gasteiger partial charge on any atom is 0.338 e. The lowest BCUT2D eigenvalue weighted by Gasteiger charge is -2.42. The van der Waals surface area contributed by atoms with Gasteiger partial charge in [-0.2, -0.15) is 0 Å². The predicted molar refractivity (Wildman–Crippen MR) is 146 cm³/mol. The molecule has 1 amide bonds. The molecule has 0 radical (unpaired) electrons. The van der Waals surface area contributed by atoms with Crippen LogP contribution in [0.4, 0.5) is 4.79 Å². The van der Waals surface area contributed by atoms with Gasteiger partial charge in [0.2, 0.25) is 0 Å². The molecular formula is C30H35NO3S. The summed E-state index contributed by atoms with van der Waals surface area (Å²) in [5, 5.41) is 1.82. The molecule has 184 valence electrons. The Hall–Kier alpha value is -2.79. The molecule has 3 aromatic rings. The first-order chi connectivity index (χ1) is 16.4. The second kappa shape index (κ2) is 9.02. The van der Waals surface area contributed by atoms with Gasteiger partial charge in [0.15, 0.2) is 0 Å². The lowest BCUT2D eigenvalue weighted by Crippen LogP contribution is -2.33. The summed E-state index contributed by atoms with van der Waals surface area (Å²) in [5.74, 6) is -0.396. The normalized spacial score (nSPS) is 16.0. The number of methoxy groups -OCH3 is 1. The second-order valence-corrected chi connectivity index (χ2v) is 12.1. The first kappa shape index (κ1) is 25.3. The molecule has 0 saturated heterocycles. The SMILES string of the molecule is COC(=O)c1cc(SC(=O)N(C)C)c2cc(-c3ccc4c(c3)C(C)(C)CCC4(C)C)ccc2c1C. The maximum atomic E-state index is 12.6. The molecule has 4 nitrogen and oxygen atoms in total. The van der Waals surface area contributed by atoms with Gasteiger partial charge in [0.1, 0.15) is 0 Å². The fourth-order valence-electron chi connectivity index (χ4n) is 5.08. The number of benzene rings is 3. The predicted octanol–water partition coefficient (Wildman–Crippen LogP) is 7.72. The third-order valence-electron chi connectivity index (χ3n) is 7.52. The number of hydrogen-bond donors (Lipinski definition) is 0. The van der Waals surface area contributed by atoms with Gasteiger partial charge in [-0.3, -0.25) is 4.79 Å². The molecule has 0 aliphatic heterocycles. The minimum Gasteiger partial charge on any atom is -0.465 e. The van der Waals surface area contributed by atoms with Crippen molar-refractivity contribution in [3.8, 4) is 11.1 Å². The molecule has 3 aromatic carbocycles. The monoisotopic (exact) mass is 489 g/mol. The fraction of sp³-hybridized carbons (Fsp3) is 0.400. The number of rotatable bonds is 3. The van der Waals surface area contributed by atoms with E-state index in [1.165, 1.54) is 30.2 Å². The van der Waals surface area contributed by atoms with Crippen molar-refractivity contribution in [1.29, 1.82) is 0 Å². The van der Waals surface area contributed by atoms with E-state index in [1.54, 1.807) is 25.1 Å². The highest BCUT2D eigenvalue weighted by Gasteiger charge is 2.37. The smallest absolute Gasteiger partial charge is 0.338 e. The van der Waals surface area contributed by atoms with Crippen molar-refractivity contribution in [2.24, 2.45) is 0 Å². The van der Waals surface area contributed by atoms with E-state index in [0.29, 0.717) is 5.56 Å². The number of nitrogens with zero attached hydrogens (tertiary/aromatic N) is 1. The number of hydrogen-bond acceptors (Lipinski definition) is 4. The summed E-state index contributed by atoms with van der Waals surface area (Å²) in [6.07, 6.45) is 2.35. The zero-order valence-electron chi connectivity index (χ0n) is 22.0. The first-order valence-electron chi connectivity index (χ1n) is 12.1. The van der Waals surface area contributed by atoms with Crippen LogP contribution in [-0.2, 0) is 15.6 Å². The van der Waals surface area contributed by atoms with Crippen molar-refractivity contribution >= 4 is 33.7 Å². The molecule has 35 heavy (non-hydrogen) atoms. The summed E-state index contributed by atoms with van der Waals surface area (Å²) in [6.45, 7) is 11.3. The van der Waals surface area contributed by atoms with E-state index in [9.17, 15) is 9.59 Å².